The molecular weight excluding hydrogens is 302 g/mol. The summed E-state index contributed by atoms with van der Waals surface area (Å²) in [7, 11) is 1.59. The fraction of sp³-hybridized carbons (Fsp3) is 0.235. The lowest BCUT2D eigenvalue weighted by molar-refractivity contribution is -0.122. The Morgan fingerprint density at radius 2 is 1.77 bits per heavy atom. The predicted molar refractivity (Wildman–Crippen MR) is 87.9 cm³/mol. The molecular formula is C17H18ClNO3. The SMILES string of the molecule is COc1ccc(NC(=O)C(C)Oc2ccc(Cl)c(C)c2)cc1. The quantitative estimate of drug-likeness (QED) is 0.904. The Morgan fingerprint density at radius 3 is 2.36 bits per heavy atom. The number of nitrogens with one attached hydrogen (secondary N) is 1. The highest BCUT2D eigenvalue weighted by molar-refractivity contribution is 6.31. The van der Waals surface area contributed by atoms with Gasteiger partial charge in [-0.2, -0.15) is 0 Å². The Morgan fingerprint density at radius 1 is 1.14 bits per heavy atom. The third-order valence-electron chi connectivity index (χ3n) is 3.17. The first kappa shape index (κ1) is 16.2. The van der Waals surface area contributed by atoms with Gasteiger partial charge >= 0.3 is 0 Å². The van der Waals surface area contributed by atoms with Crippen molar-refractivity contribution in [3.8, 4) is 11.5 Å². The number of amides is 1. The average molecular weight is 320 g/mol. The molecule has 0 bridgehead atoms. The van der Waals surface area contributed by atoms with E-state index in [9.17, 15) is 4.79 Å². The lowest BCUT2D eigenvalue weighted by Gasteiger charge is -2.15. The summed E-state index contributed by atoms with van der Waals surface area (Å²) in [6, 6.07) is 12.4. The summed E-state index contributed by atoms with van der Waals surface area (Å²) in [6.07, 6.45) is -0.623. The fourth-order valence-electron chi connectivity index (χ4n) is 1.87. The molecule has 0 aromatic heterocycles. The first-order chi connectivity index (χ1) is 10.5. The summed E-state index contributed by atoms with van der Waals surface area (Å²) in [6.45, 7) is 3.58. The molecule has 0 radical (unpaired) electrons. The van der Waals surface area contributed by atoms with Gasteiger partial charge in [-0.3, -0.25) is 4.79 Å². The lowest BCUT2D eigenvalue weighted by atomic mass is 10.2. The van der Waals surface area contributed by atoms with Crippen LogP contribution in [0.2, 0.25) is 5.02 Å². The summed E-state index contributed by atoms with van der Waals surface area (Å²) in [5.41, 5.74) is 1.59. The molecule has 1 atom stereocenters. The van der Waals surface area contributed by atoms with E-state index in [1.165, 1.54) is 0 Å². The van der Waals surface area contributed by atoms with Crippen LogP contribution in [0.3, 0.4) is 0 Å². The Hall–Kier alpha value is -2.20. The van der Waals surface area contributed by atoms with Crippen molar-refractivity contribution in [2.75, 3.05) is 12.4 Å². The summed E-state index contributed by atoms with van der Waals surface area (Å²) >= 11 is 5.97. The van der Waals surface area contributed by atoms with Gasteiger partial charge in [0.25, 0.3) is 5.91 Å². The molecule has 22 heavy (non-hydrogen) atoms. The zero-order chi connectivity index (χ0) is 16.1. The first-order valence-electron chi connectivity index (χ1n) is 6.87. The van der Waals surface area contributed by atoms with E-state index >= 15 is 0 Å². The lowest BCUT2D eigenvalue weighted by Crippen LogP contribution is -2.30. The normalized spacial score (nSPS) is 11.6. The molecule has 0 saturated heterocycles. The number of hydrogen-bond acceptors (Lipinski definition) is 3. The van der Waals surface area contributed by atoms with Crippen molar-refractivity contribution in [3.63, 3.8) is 0 Å². The number of hydrogen-bond donors (Lipinski definition) is 1. The molecule has 0 saturated carbocycles. The maximum atomic E-state index is 12.1. The highest BCUT2D eigenvalue weighted by Crippen LogP contribution is 2.22. The Balaban J connectivity index is 1.97. The minimum absolute atomic E-state index is 0.224. The van der Waals surface area contributed by atoms with Crippen molar-refractivity contribution in [2.24, 2.45) is 0 Å². The molecule has 4 nitrogen and oxygen atoms in total. The van der Waals surface area contributed by atoms with Crippen LogP contribution in [0.5, 0.6) is 11.5 Å². The van der Waals surface area contributed by atoms with Crippen molar-refractivity contribution < 1.29 is 14.3 Å². The fourth-order valence-corrected chi connectivity index (χ4v) is 1.98. The van der Waals surface area contributed by atoms with E-state index in [0.29, 0.717) is 16.5 Å². The third-order valence-corrected chi connectivity index (χ3v) is 3.59. The van der Waals surface area contributed by atoms with Crippen molar-refractivity contribution in [3.05, 3.63) is 53.1 Å². The van der Waals surface area contributed by atoms with Gasteiger partial charge in [-0.15, -0.1) is 0 Å². The van der Waals surface area contributed by atoms with Crippen LogP contribution in [0.1, 0.15) is 12.5 Å². The van der Waals surface area contributed by atoms with Gasteiger partial charge in [-0.25, -0.2) is 0 Å². The molecule has 0 spiro atoms. The second-order valence-electron chi connectivity index (χ2n) is 4.89. The number of aryl methyl sites for hydroxylation is 1. The first-order valence-corrected chi connectivity index (χ1v) is 7.25. The number of halogens is 1. The zero-order valence-electron chi connectivity index (χ0n) is 12.7. The van der Waals surface area contributed by atoms with Crippen molar-refractivity contribution in [2.45, 2.75) is 20.0 Å². The van der Waals surface area contributed by atoms with Crippen LogP contribution in [-0.2, 0) is 4.79 Å². The van der Waals surface area contributed by atoms with E-state index in [1.54, 1.807) is 56.5 Å². The van der Waals surface area contributed by atoms with E-state index < -0.39 is 6.10 Å². The number of anilines is 1. The number of benzene rings is 2. The molecule has 1 unspecified atom stereocenters. The molecule has 2 rings (SSSR count). The van der Waals surface area contributed by atoms with Crippen molar-refractivity contribution in [1.29, 1.82) is 0 Å². The third kappa shape index (κ3) is 4.15. The molecule has 116 valence electrons. The number of carbonyl (C=O) groups is 1. The van der Waals surface area contributed by atoms with Crippen molar-refractivity contribution >= 4 is 23.2 Å². The summed E-state index contributed by atoms with van der Waals surface area (Å²) < 4.78 is 10.7. The molecule has 0 aliphatic carbocycles. The van der Waals surface area contributed by atoms with Gasteiger partial charge in [-0.1, -0.05) is 11.6 Å². The van der Waals surface area contributed by atoms with Crippen LogP contribution in [0, 0.1) is 6.92 Å². The Labute approximate surface area is 135 Å². The molecule has 5 heteroatoms. The van der Waals surface area contributed by atoms with E-state index in [0.717, 1.165) is 11.3 Å². The average Bonchev–Trinajstić information content (AvgIpc) is 2.51. The van der Waals surface area contributed by atoms with Crippen molar-refractivity contribution in [1.82, 2.24) is 0 Å². The summed E-state index contributed by atoms with van der Waals surface area (Å²) in [4.78, 5) is 12.1. The van der Waals surface area contributed by atoms with E-state index in [2.05, 4.69) is 5.32 Å². The number of ether oxygens (including phenoxy) is 2. The highest BCUT2D eigenvalue weighted by atomic mass is 35.5. The molecule has 0 fully saturated rings. The predicted octanol–water partition coefficient (Wildman–Crippen LogP) is 4.06. The van der Waals surface area contributed by atoms with Gasteiger partial charge in [0, 0.05) is 10.7 Å². The second kappa shape index (κ2) is 7.18. The Kier molecular flexibility index (Phi) is 5.28. The molecule has 0 aliphatic heterocycles. The van der Waals surface area contributed by atoms with E-state index in [1.807, 2.05) is 6.92 Å². The van der Waals surface area contributed by atoms with Gasteiger partial charge in [0.1, 0.15) is 11.5 Å². The Bertz CT molecular complexity index is 655. The number of carbonyl (C=O) groups excluding carboxylic acids is 1. The zero-order valence-corrected chi connectivity index (χ0v) is 13.5. The molecule has 0 aliphatic rings. The van der Waals surface area contributed by atoms with Crippen LogP contribution in [0.4, 0.5) is 5.69 Å². The highest BCUT2D eigenvalue weighted by Gasteiger charge is 2.15. The molecule has 2 aromatic rings. The molecule has 1 N–H and O–H groups in total. The van der Waals surface area contributed by atoms with Gasteiger partial charge in [-0.05, 0) is 61.9 Å². The minimum atomic E-state index is -0.623. The van der Waals surface area contributed by atoms with Crippen LogP contribution in [-0.4, -0.2) is 19.1 Å². The maximum absolute atomic E-state index is 12.1. The van der Waals surface area contributed by atoms with Gasteiger partial charge in [0.05, 0.1) is 7.11 Å². The van der Waals surface area contributed by atoms with Gasteiger partial charge in [0.15, 0.2) is 6.10 Å². The van der Waals surface area contributed by atoms with E-state index in [4.69, 9.17) is 21.1 Å². The smallest absolute Gasteiger partial charge is 0.265 e. The number of methoxy groups -OCH3 is 1. The standard InChI is InChI=1S/C17H18ClNO3/c1-11-10-15(8-9-16(11)18)22-12(2)17(20)19-13-4-6-14(21-3)7-5-13/h4-10,12H,1-3H3,(H,19,20). The number of rotatable bonds is 5. The van der Waals surface area contributed by atoms with Crippen LogP contribution in [0.25, 0.3) is 0 Å². The topological polar surface area (TPSA) is 47.6 Å². The molecule has 0 heterocycles. The van der Waals surface area contributed by atoms with Crippen LogP contribution < -0.4 is 14.8 Å². The molecule has 2 aromatic carbocycles. The van der Waals surface area contributed by atoms with Crippen LogP contribution >= 0.6 is 11.6 Å². The largest absolute Gasteiger partial charge is 0.497 e. The molecule has 1 amide bonds. The van der Waals surface area contributed by atoms with Crippen LogP contribution in [0.15, 0.2) is 42.5 Å². The monoisotopic (exact) mass is 319 g/mol. The summed E-state index contributed by atoms with van der Waals surface area (Å²) in [5, 5.41) is 3.46. The maximum Gasteiger partial charge on any atom is 0.265 e. The second-order valence-corrected chi connectivity index (χ2v) is 5.30. The summed E-state index contributed by atoms with van der Waals surface area (Å²) in [5.74, 6) is 1.12. The minimum Gasteiger partial charge on any atom is -0.497 e. The van der Waals surface area contributed by atoms with Gasteiger partial charge in [0.2, 0.25) is 0 Å². The van der Waals surface area contributed by atoms with E-state index in [-0.39, 0.29) is 5.91 Å². The van der Waals surface area contributed by atoms with Gasteiger partial charge < -0.3 is 14.8 Å².